The molecule has 1 aromatic carbocycles. The number of halogens is 1. The summed E-state index contributed by atoms with van der Waals surface area (Å²) < 4.78 is 29.8. The van der Waals surface area contributed by atoms with Crippen LogP contribution in [-0.2, 0) is 19.6 Å². The van der Waals surface area contributed by atoms with Gasteiger partial charge >= 0.3 is 5.97 Å². The highest BCUT2D eigenvalue weighted by Crippen LogP contribution is 2.24. The molecule has 1 aromatic rings. The van der Waals surface area contributed by atoms with E-state index in [1.54, 1.807) is 0 Å². The van der Waals surface area contributed by atoms with E-state index in [1.807, 2.05) is 0 Å². The smallest absolute Gasteiger partial charge is 0.328 e. The van der Waals surface area contributed by atoms with Crippen LogP contribution < -0.4 is 5.32 Å². The number of benzene rings is 1. The highest BCUT2D eigenvalue weighted by molar-refractivity contribution is 7.89. The van der Waals surface area contributed by atoms with E-state index >= 15 is 0 Å². The molecule has 1 amide bonds. The molecule has 22 heavy (non-hydrogen) atoms. The van der Waals surface area contributed by atoms with Crippen LogP contribution in [0.3, 0.4) is 0 Å². The molecule has 7 nitrogen and oxygen atoms in total. The predicted molar refractivity (Wildman–Crippen MR) is 81.3 cm³/mol. The number of hydrogen-bond donors (Lipinski definition) is 1. The summed E-state index contributed by atoms with van der Waals surface area (Å²) in [5.41, 5.74) is 0.0700. The fraction of sp³-hybridized carbons (Fsp3) is 0.385. The van der Waals surface area contributed by atoms with Gasteiger partial charge in [0, 0.05) is 19.7 Å². The van der Waals surface area contributed by atoms with Crippen molar-refractivity contribution in [3.05, 3.63) is 28.8 Å². The van der Waals surface area contributed by atoms with Crippen molar-refractivity contribution in [1.82, 2.24) is 9.62 Å². The molecule has 122 valence electrons. The van der Waals surface area contributed by atoms with E-state index in [9.17, 15) is 18.0 Å². The molecule has 0 aliphatic heterocycles. The lowest BCUT2D eigenvalue weighted by molar-refractivity contribution is -0.142. The van der Waals surface area contributed by atoms with Gasteiger partial charge in [-0.05, 0) is 25.1 Å². The third-order valence-corrected chi connectivity index (χ3v) is 5.15. The molecule has 0 spiro atoms. The minimum atomic E-state index is -3.78. The van der Waals surface area contributed by atoms with E-state index in [-0.39, 0.29) is 15.5 Å². The first kappa shape index (κ1) is 18.4. The summed E-state index contributed by atoms with van der Waals surface area (Å²) in [6, 6.07) is 2.99. The van der Waals surface area contributed by atoms with Gasteiger partial charge < -0.3 is 10.1 Å². The van der Waals surface area contributed by atoms with Gasteiger partial charge in [0.25, 0.3) is 5.91 Å². The van der Waals surface area contributed by atoms with Crippen LogP contribution in [0.5, 0.6) is 0 Å². The zero-order chi connectivity index (χ0) is 17.1. The molecule has 0 fully saturated rings. The Balaban J connectivity index is 3.14. The number of amides is 1. The number of methoxy groups -OCH3 is 1. The first-order valence-corrected chi connectivity index (χ1v) is 8.03. The molecule has 0 aliphatic carbocycles. The normalized spacial score (nSPS) is 12.8. The zero-order valence-corrected chi connectivity index (χ0v) is 14.2. The van der Waals surface area contributed by atoms with Crippen molar-refractivity contribution in [1.29, 1.82) is 0 Å². The monoisotopic (exact) mass is 348 g/mol. The first-order chi connectivity index (χ1) is 10.1. The Kier molecular flexibility index (Phi) is 5.92. The standard InChI is InChI=1S/C13H17ClN2O5S/c1-8(13(18)21-4)15-12(17)9-5-6-10(14)11(7-9)22(19,20)16(2)3/h5-8H,1-4H3,(H,15,17)/t8-/m0/s1. The van der Waals surface area contributed by atoms with Gasteiger partial charge in [0.05, 0.1) is 12.1 Å². The topological polar surface area (TPSA) is 92.8 Å². The number of sulfonamides is 1. The minimum Gasteiger partial charge on any atom is -0.467 e. The van der Waals surface area contributed by atoms with Crippen LogP contribution in [0, 0.1) is 0 Å². The van der Waals surface area contributed by atoms with Crippen molar-refractivity contribution in [3.63, 3.8) is 0 Å². The molecule has 1 N–H and O–H groups in total. The van der Waals surface area contributed by atoms with Crippen molar-refractivity contribution in [2.45, 2.75) is 17.9 Å². The molecule has 0 heterocycles. The van der Waals surface area contributed by atoms with Crippen molar-refractivity contribution in [2.75, 3.05) is 21.2 Å². The van der Waals surface area contributed by atoms with Gasteiger partial charge in [-0.1, -0.05) is 11.6 Å². The van der Waals surface area contributed by atoms with Gasteiger partial charge in [0.2, 0.25) is 10.0 Å². The molecule has 0 aromatic heterocycles. The summed E-state index contributed by atoms with van der Waals surface area (Å²) in [6.07, 6.45) is 0. The number of ether oxygens (including phenoxy) is 1. The third-order valence-electron chi connectivity index (χ3n) is 2.85. The van der Waals surface area contributed by atoms with E-state index in [2.05, 4.69) is 10.1 Å². The predicted octanol–water partition coefficient (Wildman–Crippen LogP) is 0.882. The molecule has 0 bridgehead atoms. The van der Waals surface area contributed by atoms with Gasteiger partial charge in [-0.15, -0.1) is 0 Å². The van der Waals surface area contributed by atoms with E-state index in [1.165, 1.54) is 40.3 Å². The van der Waals surface area contributed by atoms with Gasteiger partial charge in [-0.2, -0.15) is 0 Å². The second kappa shape index (κ2) is 7.08. The van der Waals surface area contributed by atoms with Crippen LogP contribution in [0.1, 0.15) is 17.3 Å². The number of hydrogen-bond acceptors (Lipinski definition) is 5. The molecule has 9 heteroatoms. The van der Waals surface area contributed by atoms with Crippen molar-refractivity contribution in [2.24, 2.45) is 0 Å². The maximum Gasteiger partial charge on any atom is 0.328 e. The van der Waals surface area contributed by atoms with Crippen molar-refractivity contribution in [3.8, 4) is 0 Å². The number of rotatable bonds is 5. The van der Waals surface area contributed by atoms with Gasteiger partial charge in [-0.25, -0.2) is 17.5 Å². The number of nitrogens with zero attached hydrogens (tertiary/aromatic N) is 1. The first-order valence-electron chi connectivity index (χ1n) is 6.22. The zero-order valence-electron chi connectivity index (χ0n) is 12.6. The fourth-order valence-corrected chi connectivity index (χ4v) is 2.95. The lowest BCUT2D eigenvalue weighted by Crippen LogP contribution is -2.39. The molecule has 1 rings (SSSR count). The molecular formula is C13H17ClN2O5S. The Morgan fingerprint density at radius 1 is 1.32 bits per heavy atom. The van der Waals surface area contributed by atoms with Gasteiger partial charge in [-0.3, -0.25) is 4.79 Å². The van der Waals surface area contributed by atoms with Crippen LogP contribution in [0.2, 0.25) is 5.02 Å². The van der Waals surface area contributed by atoms with Crippen LogP contribution in [0.25, 0.3) is 0 Å². The highest BCUT2D eigenvalue weighted by Gasteiger charge is 2.23. The Hall–Kier alpha value is -1.64. The molecule has 0 saturated carbocycles. The van der Waals surface area contributed by atoms with Crippen LogP contribution in [0.15, 0.2) is 23.1 Å². The summed E-state index contributed by atoms with van der Waals surface area (Å²) in [6.45, 7) is 1.46. The van der Waals surface area contributed by atoms with E-state index < -0.39 is 27.9 Å². The van der Waals surface area contributed by atoms with E-state index in [0.29, 0.717) is 0 Å². The second-order valence-electron chi connectivity index (χ2n) is 4.65. The third kappa shape index (κ3) is 3.96. The Labute approximate surface area is 134 Å². The average molecular weight is 349 g/mol. The minimum absolute atomic E-state index is 0.00580. The van der Waals surface area contributed by atoms with Crippen molar-refractivity contribution < 1.29 is 22.7 Å². The Morgan fingerprint density at radius 2 is 1.91 bits per heavy atom. The number of carbonyl (C=O) groups is 2. The largest absolute Gasteiger partial charge is 0.467 e. The molecule has 0 aliphatic rings. The molecule has 0 saturated heterocycles. The maximum absolute atomic E-state index is 12.1. The lowest BCUT2D eigenvalue weighted by Gasteiger charge is -2.15. The summed E-state index contributed by atoms with van der Waals surface area (Å²) in [4.78, 5) is 23.2. The van der Waals surface area contributed by atoms with Gasteiger partial charge in [0.15, 0.2) is 0 Å². The fourth-order valence-electron chi connectivity index (χ4n) is 1.55. The molecular weight excluding hydrogens is 332 g/mol. The second-order valence-corrected chi connectivity index (χ2v) is 7.18. The highest BCUT2D eigenvalue weighted by atomic mass is 35.5. The van der Waals surface area contributed by atoms with E-state index in [4.69, 9.17) is 11.6 Å². The number of esters is 1. The summed E-state index contributed by atoms with van der Waals surface area (Å²) in [5.74, 6) is -1.21. The molecule has 1 atom stereocenters. The van der Waals surface area contributed by atoms with E-state index in [0.717, 1.165) is 10.4 Å². The molecule has 0 radical (unpaired) electrons. The van der Waals surface area contributed by atoms with Gasteiger partial charge in [0.1, 0.15) is 10.9 Å². The van der Waals surface area contributed by atoms with Crippen LogP contribution in [0.4, 0.5) is 0 Å². The van der Waals surface area contributed by atoms with Crippen LogP contribution in [-0.4, -0.2) is 51.8 Å². The quantitative estimate of drug-likeness (QED) is 0.797. The summed E-state index contributed by atoms with van der Waals surface area (Å²) >= 11 is 5.90. The number of carbonyl (C=O) groups excluding carboxylic acids is 2. The molecule has 0 unspecified atom stereocenters. The van der Waals surface area contributed by atoms with Crippen LogP contribution >= 0.6 is 11.6 Å². The summed E-state index contributed by atoms with van der Waals surface area (Å²) in [7, 11) is 0.138. The lowest BCUT2D eigenvalue weighted by atomic mass is 10.2. The Bertz CT molecular complexity index is 688. The number of nitrogens with one attached hydrogen (secondary N) is 1. The maximum atomic E-state index is 12.1. The van der Waals surface area contributed by atoms with Crippen molar-refractivity contribution >= 4 is 33.5 Å². The Morgan fingerprint density at radius 3 is 2.41 bits per heavy atom. The summed E-state index contributed by atoms with van der Waals surface area (Å²) in [5, 5.41) is 2.42. The SMILES string of the molecule is COC(=O)[C@H](C)NC(=O)c1ccc(Cl)c(S(=O)(=O)N(C)C)c1. The average Bonchev–Trinajstić information content (AvgIpc) is 2.46.